The summed E-state index contributed by atoms with van der Waals surface area (Å²) in [6, 6.07) is 3.63. The van der Waals surface area contributed by atoms with Crippen molar-refractivity contribution in [2.45, 2.75) is 38.3 Å². The minimum absolute atomic E-state index is 0.00694. The second-order valence-electron chi connectivity index (χ2n) is 4.83. The largest absolute Gasteiger partial charge is 0.370 e. The van der Waals surface area contributed by atoms with Gasteiger partial charge in [-0.25, -0.2) is 8.78 Å². The quantitative estimate of drug-likeness (QED) is 0.895. The standard InChI is InChI=1S/C14H19F2NO/c1-3-14(4-2)9-18-13(8-17-14)11-6-5-10(15)7-12(11)16/h5-7,13,17H,3-4,8-9H2,1-2H3. The molecule has 1 aromatic carbocycles. The van der Waals surface area contributed by atoms with Crippen molar-refractivity contribution >= 4 is 0 Å². The van der Waals surface area contributed by atoms with Crippen LogP contribution in [0.4, 0.5) is 8.78 Å². The highest BCUT2D eigenvalue weighted by molar-refractivity contribution is 5.22. The number of morpholine rings is 1. The van der Waals surface area contributed by atoms with Crippen LogP contribution in [0.25, 0.3) is 0 Å². The first-order chi connectivity index (χ1) is 8.60. The highest BCUT2D eigenvalue weighted by atomic mass is 19.1. The molecule has 1 heterocycles. The van der Waals surface area contributed by atoms with Crippen LogP contribution in [0, 0.1) is 11.6 Å². The number of hydrogen-bond donors (Lipinski definition) is 1. The van der Waals surface area contributed by atoms with E-state index in [2.05, 4.69) is 19.2 Å². The minimum atomic E-state index is -0.559. The molecule has 1 fully saturated rings. The molecule has 18 heavy (non-hydrogen) atoms. The van der Waals surface area contributed by atoms with Crippen LogP contribution >= 0.6 is 0 Å². The molecule has 1 saturated heterocycles. The Morgan fingerprint density at radius 3 is 2.56 bits per heavy atom. The molecule has 1 aromatic rings. The van der Waals surface area contributed by atoms with E-state index in [1.807, 2.05) is 0 Å². The van der Waals surface area contributed by atoms with Crippen LogP contribution < -0.4 is 5.32 Å². The van der Waals surface area contributed by atoms with E-state index in [0.29, 0.717) is 18.7 Å². The Bertz CT molecular complexity index is 408. The molecular formula is C14H19F2NO. The van der Waals surface area contributed by atoms with Crippen molar-refractivity contribution in [1.29, 1.82) is 0 Å². The van der Waals surface area contributed by atoms with Gasteiger partial charge < -0.3 is 10.1 Å². The summed E-state index contributed by atoms with van der Waals surface area (Å²) in [6.45, 7) is 5.34. The van der Waals surface area contributed by atoms with Gasteiger partial charge in [-0.3, -0.25) is 0 Å². The van der Waals surface area contributed by atoms with Gasteiger partial charge in [-0.1, -0.05) is 19.9 Å². The lowest BCUT2D eigenvalue weighted by Crippen LogP contribution is -2.54. The second-order valence-corrected chi connectivity index (χ2v) is 4.83. The molecule has 0 spiro atoms. The summed E-state index contributed by atoms with van der Waals surface area (Å²) in [5, 5.41) is 3.44. The van der Waals surface area contributed by atoms with Crippen LogP contribution in [0.2, 0.25) is 0 Å². The number of halogens is 2. The summed E-state index contributed by atoms with van der Waals surface area (Å²) >= 11 is 0. The van der Waals surface area contributed by atoms with Gasteiger partial charge in [0.05, 0.1) is 12.7 Å². The third-order valence-corrected chi connectivity index (χ3v) is 3.89. The van der Waals surface area contributed by atoms with Gasteiger partial charge in [0.25, 0.3) is 0 Å². The summed E-state index contributed by atoms with van der Waals surface area (Å²) in [5.74, 6) is -1.10. The molecule has 1 aliphatic heterocycles. The van der Waals surface area contributed by atoms with Gasteiger partial charge >= 0.3 is 0 Å². The summed E-state index contributed by atoms with van der Waals surface area (Å²) in [7, 11) is 0. The van der Waals surface area contributed by atoms with Gasteiger partial charge in [0.15, 0.2) is 0 Å². The Labute approximate surface area is 106 Å². The molecule has 0 saturated carbocycles. The Balaban J connectivity index is 2.10. The highest BCUT2D eigenvalue weighted by Crippen LogP contribution is 2.29. The first-order valence-corrected chi connectivity index (χ1v) is 6.42. The van der Waals surface area contributed by atoms with Crippen LogP contribution in [0.3, 0.4) is 0 Å². The van der Waals surface area contributed by atoms with Gasteiger partial charge in [0.1, 0.15) is 11.6 Å². The molecule has 0 aromatic heterocycles. The lowest BCUT2D eigenvalue weighted by atomic mass is 9.91. The van der Waals surface area contributed by atoms with Crippen LogP contribution in [-0.2, 0) is 4.74 Å². The van der Waals surface area contributed by atoms with Gasteiger partial charge in [0.2, 0.25) is 0 Å². The summed E-state index contributed by atoms with van der Waals surface area (Å²) < 4.78 is 32.3. The van der Waals surface area contributed by atoms with Crippen molar-refractivity contribution < 1.29 is 13.5 Å². The molecule has 100 valence electrons. The molecular weight excluding hydrogens is 236 g/mol. The van der Waals surface area contributed by atoms with E-state index in [9.17, 15) is 8.78 Å². The molecule has 0 aliphatic carbocycles. The first kappa shape index (κ1) is 13.4. The lowest BCUT2D eigenvalue weighted by Gasteiger charge is -2.40. The number of nitrogens with one attached hydrogen (secondary N) is 1. The Kier molecular flexibility index (Phi) is 3.97. The maximum Gasteiger partial charge on any atom is 0.131 e. The van der Waals surface area contributed by atoms with Crippen LogP contribution in [0.5, 0.6) is 0 Å². The van der Waals surface area contributed by atoms with E-state index < -0.39 is 11.6 Å². The Morgan fingerprint density at radius 2 is 2.06 bits per heavy atom. The van der Waals surface area contributed by atoms with Crippen LogP contribution in [0.1, 0.15) is 38.4 Å². The first-order valence-electron chi connectivity index (χ1n) is 6.42. The normalized spacial score (nSPS) is 23.0. The zero-order chi connectivity index (χ0) is 13.2. The SMILES string of the molecule is CCC1(CC)COC(c2ccc(F)cc2F)CN1. The van der Waals surface area contributed by atoms with Gasteiger partial charge in [0, 0.05) is 23.7 Å². The summed E-state index contributed by atoms with van der Waals surface area (Å²) in [5.41, 5.74) is 0.414. The van der Waals surface area contributed by atoms with Crippen molar-refractivity contribution in [2.75, 3.05) is 13.2 Å². The fourth-order valence-electron chi connectivity index (χ4n) is 2.35. The fraction of sp³-hybridized carbons (Fsp3) is 0.571. The van der Waals surface area contributed by atoms with Gasteiger partial charge in [-0.15, -0.1) is 0 Å². The monoisotopic (exact) mass is 255 g/mol. The topological polar surface area (TPSA) is 21.3 Å². The van der Waals surface area contributed by atoms with E-state index in [1.165, 1.54) is 12.1 Å². The predicted octanol–water partition coefficient (Wildman–Crippen LogP) is 3.18. The average Bonchev–Trinajstić information content (AvgIpc) is 2.39. The highest BCUT2D eigenvalue weighted by Gasteiger charge is 2.33. The number of benzene rings is 1. The predicted molar refractivity (Wildman–Crippen MR) is 66.4 cm³/mol. The van der Waals surface area contributed by atoms with E-state index >= 15 is 0 Å². The van der Waals surface area contributed by atoms with Gasteiger partial charge in [-0.05, 0) is 18.9 Å². The van der Waals surface area contributed by atoms with Crippen LogP contribution in [0.15, 0.2) is 18.2 Å². The fourth-order valence-corrected chi connectivity index (χ4v) is 2.35. The van der Waals surface area contributed by atoms with Crippen molar-refractivity contribution in [2.24, 2.45) is 0 Å². The second kappa shape index (κ2) is 5.33. The third kappa shape index (κ3) is 2.54. The molecule has 2 nitrogen and oxygen atoms in total. The van der Waals surface area contributed by atoms with E-state index in [1.54, 1.807) is 0 Å². The van der Waals surface area contributed by atoms with Crippen LogP contribution in [-0.4, -0.2) is 18.7 Å². The van der Waals surface area contributed by atoms with E-state index in [0.717, 1.165) is 18.9 Å². The zero-order valence-corrected chi connectivity index (χ0v) is 10.8. The van der Waals surface area contributed by atoms with Crippen molar-refractivity contribution in [3.05, 3.63) is 35.4 Å². The minimum Gasteiger partial charge on any atom is -0.370 e. The van der Waals surface area contributed by atoms with Crippen molar-refractivity contribution in [1.82, 2.24) is 5.32 Å². The Morgan fingerprint density at radius 1 is 1.33 bits per heavy atom. The van der Waals surface area contributed by atoms with Crippen molar-refractivity contribution in [3.63, 3.8) is 0 Å². The third-order valence-electron chi connectivity index (χ3n) is 3.89. The van der Waals surface area contributed by atoms with Crippen molar-refractivity contribution in [3.8, 4) is 0 Å². The van der Waals surface area contributed by atoms with E-state index in [4.69, 9.17) is 4.74 Å². The number of hydrogen-bond acceptors (Lipinski definition) is 2. The molecule has 4 heteroatoms. The number of ether oxygens (including phenoxy) is 1. The smallest absolute Gasteiger partial charge is 0.131 e. The molecule has 1 N–H and O–H groups in total. The molecule has 2 rings (SSSR count). The molecule has 1 unspecified atom stereocenters. The maximum absolute atomic E-state index is 13.6. The Hall–Kier alpha value is -1.00. The zero-order valence-electron chi connectivity index (χ0n) is 10.8. The summed E-state index contributed by atoms with van der Waals surface area (Å²) in [4.78, 5) is 0. The molecule has 1 aliphatic rings. The van der Waals surface area contributed by atoms with Gasteiger partial charge in [-0.2, -0.15) is 0 Å². The van der Waals surface area contributed by atoms with E-state index in [-0.39, 0.29) is 11.6 Å². The molecule has 0 bridgehead atoms. The molecule has 0 radical (unpaired) electrons. The summed E-state index contributed by atoms with van der Waals surface area (Å²) in [6.07, 6.45) is 1.61. The molecule has 0 amide bonds. The maximum atomic E-state index is 13.6. The number of rotatable bonds is 3. The average molecular weight is 255 g/mol. The molecule has 1 atom stereocenters. The lowest BCUT2D eigenvalue weighted by molar-refractivity contribution is -0.0389.